The molecule has 0 saturated heterocycles. The Balaban J connectivity index is 1.99. The van der Waals surface area contributed by atoms with Crippen molar-refractivity contribution in [1.29, 1.82) is 0 Å². The molecule has 1 atom stereocenters. The first-order chi connectivity index (χ1) is 11.0. The number of aliphatic imine (C=N–C) groups is 1. The van der Waals surface area contributed by atoms with Gasteiger partial charge in [0.15, 0.2) is 0 Å². The van der Waals surface area contributed by atoms with Crippen molar-refractivity contribution in [3.05, 3.63) is 64.2 Å². The Bertz CT molecular complexity index is 671. The molecular formula is C21H27NO. The maximum atomic E-state index is 5.93. The van der Waals surface area contributed by atoms with Gasteiger partial charge in [0.2, 0.25) is 0 Å². The van der Waals surface area contributed by atoms with E-state index in [9.17, 15) is 0 Å². The number of benzene rings is 2. The van der Waals surface area contributed by atoms with E-state index in [0.717, 1.165) is 17.7 Å². The maximum absolute atomic E-state index is 5.93. The van der Waals surface area contributed by atoms with Crippen molar-refractivity contribution in [1.82, 2.24) is 0 Å². The van der Waals surface area contributed by atoms with Crippen LogP contribution >= 0.6 is 0 Å². The summed E-state index contributed by atoms with van der Waals surface area (Å²) in [6.45, 7) is 11.3. The SMILES string of the molecule is CCC(C)/N=C/c1ccc(OCc2ccc(C)c(C)c2C)cc1. The van der Waals surface area contributed by atoms with E-state index < -0.39 is 0 Å². The quantitative estimate of drug-likeness (QED) is 0.654. The van der Waals surface area contributed by atoms with Crippen molar-refractivity contribution >= 4 is 6.21 Å². The van der Waals surface area contributed by atoms with E-state index in [-0.39, 0.29) is 0 Å². The number of rotatable bonds is 6. The smallest absolute Gasteiger partial charge is 0.119 e. The summed E-state index contributed by atoms with van der Waals surface area (Å²) in [4.78, 5) is 4.50. The molecule has 2 rings (SSSR count). The molecule has 0 aliphatic carbocycles. The topological polar surface area (TPSA) is 21.6 Å². The Kier molecular flexibility index (Phi) is 5.97. The number of hydrogen-bond donors (Lipinski definition) is 0. The second-order valence-electron chi connectivity index (χ2n) is 6.18. The van der Waals surface area contributed by atoms with Gasteiger partial charge in [-0.1, -0.05) is 19.1 Å². The van der Waals surface area contributed by atoms with E-state index in [4.69, 9.17) is 4.74 Å². The molecule has 0 fully saturated rings. The summed E-state index contributed by atoms with van der Waals surface area (Å²) in [5.74, 6) is 0.892. The molecule has 0 N–H and O–H groups in total. The molecule has 1 unspecified atom stereocenters. The summed E-state index contributed by atoms with van der Waals surface area (Å²) in [7, 11) is 0. The lowest BCUT2D eigenvalue weighted by Crippen LogP contribution is -2.00. The Morgan fingerprint density at radius 3 is 2.35 bits per heavy atom. The van der Waals surface area contributed by atoms with Crippen molar-refractivity contribution in [2.75, 3.05) is 0 Å². The predicted octanol–water partition coefficient (Wildman–Crippen LogP) is 5.41. The highest BCUT2D eigenvalue weighted by atomic mass is 16.5. The second-order valence-corrected chi connectivity index (χ2v) is 6.18. The van der Waals surface area contributed by atoms with Crippen molar-refractivity contribution in [2.24, 2.45) is 4.99 Å². The first kappa shape index (κ1) is 17.3. The van der Waals surface area contributed by atoms with E-state index in [1.165, 1.54) is 22.3 Å². The Labute approximate surface area is 140 Å². The van der Waals surface area contributed by atoms with Crippen molar-refractivity contribution < 1.29 is 4.74 Å². The summed E-state index contributed by atoms with van der Waals surface area (Å²) in [6, 6.07) is 12.8. The third-order valence-electron chi connectivity index (χ3n) is 4.51. The van der Waals surface area contributed by atoms with E-state index in [1.807, 2.05) is 18.3 Å². The highest BCUT2D eigenvalue weighted by Gasteiger charge is 2.04. The molecular weight excluding hydrogens is 282 g/mol. The van der Waals surface area contributed by atoms with Gasteiger partial charge in [-0.3, -0.25) is 4.99 Å². The van der Waals surface area contributed by atoms with Gasteiger partial charge < -0.3 is 4.74 Å². The van der Waals surface area contributed by atoms with Gasteiger partial charge in [-0.2, -0.15) is 0 Å². The van der Waals surface area contributed by atoms with Gasteiger partial charge in [-0.25, -0.2) is 0 Å². The minimum absolute atomic E-state index is 0.374. The molecule has 0 bridgehead atoms. The van der Waals surface area contributed by atoms with E-state index in [2.05, 4.69) is 63.9 Å². The van der Waals surface area contributed by atoms with Crippen LogP contribution in [-0.2, 0) is 6.61 Å². The first-order valence-electron chi connectivity index (χ1n) is 8.33. The van der Waals surface area contributed by atoms with Gasteiger partial charge in [0.25, 0.3) is 0 Å². The molecule has 2 nitrogen and oxygen atoms in total. The first-order valence-corrected chi connectivity index (χ1v) is 8.33. The van der Waals surface area contributed by atoms with Crippen molar-refractivity contribution in [3.8, 4) is 5.75 Å². The fraction of sp³-hybridized carbons (Fsp3) is 0.381. The summed E-state index contributed by atoms with van der Waals surface area (Å²) < 4.78 is 5.93. The van der Waals surface area contributed by atoms with Crippen LogP contribution in [-0.4, -0.2) is 12.3 Å². The van der Waals surface area contributed by atoms with Crippen LogP contribution in [0.3, 0.4) is 0 Å². The highest BCUT2D eigenvalue weighted by molar-refractivity contribution is 5.79. The zero-order valence-corrected chi connectivity index (χ0v) is 14.9. The third-order valence-corrected chi connectivity index (χ3v) is 4.51. The van der Waals surface area contributed by atoms with E-state index >= 15 is 0 Å². The predicted molar refractivity (Wildman–Crippen MR) is 98.8 cm³/mol. The van der Waals surface area contributed by atoms with Crippen LogP contribution in [0.1, 0.15) is 48.1 Å². The fourth-order valence-corrected chi connectivity index (χ4v) is 2.30. The molecule has 0 aliphatic heterocycles. The minimum atomic E-state index is 0.374. The van der Waals surface area contributed by atoms with Crippen LogP contribution in [0.5, 0.6) is 5.75 Å². The molecule has 2 aromatic rings. The third kappa shape index (κ3) is 4.69. The van der Waals surface area contributed by atoms with Crippen LogP contribution in [0.25, 0.3) is 0 Å². The summed E-state index contributed by atoms with van der Waals surface area (Å²) in [5, 5.41) is 0. The molecule has 0 heterocycles. The molecule has 2 heteroatoms. The van der Waals surface area contributed by atoms with Gasteiger partial charge in [0, 0.05) is 12.3 Å². The summed E-state index contributed by atoms with van der Waals surface area (Å²) >= 11 is 0. The average molecular weight is 309 g/mol. The fourth-order valence-electron chi connectivity index (χ4n) is 2.30. The monoisotopic (exact) mass is 309 g/mol. The zero-order chi connectivity index (χ0) is 16.8. The Hall–Kier alpha value is -2.09. The lowest BCUT2D eigenvalue weighted by Gasteiger charge is -2.12. The molecule has 0 amide bonds. The van der Waals surface area contributed by atoms with Gasteiger partial charge in [0.05, 0.1) is 0 Å². The number of ether oxygens (including phenoxy) is 1. The van der Waals surface area contributed by atoms with Gasteiger partial charge in [-0.05, 0) is 86.2 Å². The molecule has 2 aromatic carbocycles. The number of hydrogen-bond acceptors (Lipinski definition) is 2. The van der Waals surface area contributed by atoms with Crippen molar-refractivity contribution in [3.63, 3.8) is 0 Å². The van der Waals surface area contributed by atoms with Crippen LogP contribution in [0.15, 0.2) is 41.4 Å². The molecule has 0 spiro atoms. The Morgan fingerprint density at radius 1 is 1.00 bits per heavy atom. The molecule has 0 radical (unpaired) electrons. The van der Waals surface area contributed by atoms with Crippen LogP contribution in [0, 0.1) is 20.8 Å². The van der Waals surface area contributed by atoms with Crippen LogP contribution in [0.4, 0.5) is 0 Å². The van der Waals surface area contributed by atoms with Crippen molar-refractivity contribution in [2.45, 2.75) is 53.7 Å². The highest BCUT2D eigenvalue weighted by Crippen LogP contribution is 2.20. The molecule has 0 saturated carbocycles. The van der Waals surface area contributed by atoms with Gasteiger partial charge in [-0.15, -0.1) is 0 Å². The van der Waals surface area contributed by atoms with Gasteiger partial charge in [0.1, 0.15) is 12.4 Å². The standard InChI is InChI=1S/C21H27NO/c1-6-16(3)22-13-19-8-11-21(12-9-19)23-14-20-10-7-15(2)17(4)18(20)5/h7-13,16H,6,14H2,1-5H3/b22-13+. The van der Waals surface area contributed by atoms with Crippen LogP contribution in [0.2, 0.25) is 0 Å². The van der Waals surface area contributed by atoms with E-state index in [1.54, 1.807) is 0 Å². The summed E-state index contributed by atoms with van der Waals surface area (Å²) in [5.41, 5.74) is 6.36. The zero-order valence-electron chi connectivity index (χ0n) is 14.9. The normalized spacial score (nSPS) is 12.6. The largest absolute Gasteiger partial charge is 0.489 e. The molecule has 0 aromatic heterocycles. The lowest BCUT2D eigenvalue weighted by molar-refractivity contribution is 0.305. The molecule has 122 valence electrons. The van der Waals surface area contributed by atoms with E-state index in [0.29, 0.717) is 12.6 Å². The second kappa shape index (κ2) is 7.96. The average Bonchev–Trinajstić information content (AvgIpc) is 2.58. The summed E-state index contributed by atoms with van der Waals surface area (Å²) in [6.07, 6.45) is 3.00. The maximum Gasteiger partial charge on any atom is 0.119 e. The van der Waals surface area contributed by atoms with Gasteiger partial charge >= 0.3 is 0 Å². The lowest BCUT2D eigenvalue weighted by atomic mass is 9.99. The number of aryl methyl sites for hydroxylation is 1. The molecule has 23 heavy (non-hydrogen) atoms. The number of nitrogens with zero attached hydrogens (tertiary/aromatic N) is 1. The Morgan fingerprint density at radius 2 is 1.70 bits per heavy atom. The van der Waals surface area contributed by atoms with Crippen LogP contribution < -0.4 is 4.74 Å². The minimum Gasteiger partial charge on any atom is -0.489 e. The molecule has 0 aliphatic rings.